The molecule has 39 heavy (non-hydrogen) atoms. The van der Waals surface area contributed by atoms with Crippen LogP contribution in [0.4, 0.5) is 0 Å². The van der Waals surface area contributed by atoms with E-state index in [-0.39, 0.29) is 23.5 Å². The Morgan fingerprint density at radius 3 is 2.62 bits per heavy atom. The lowest BCUT2D eigenvalue weighted by molar-refractivity contribution is -0.178. The van der Waals surface area contributed by atoms with Crippen LogP contribution in [0.1, 0.15) is 69.4 Å². The topological polar surface area (TPSA) is 104 Å². The third-order valence-electron chi connectivity index (χ3n) is 8.60. The normalized spacial score (nSPS) is 27.0. The van der Waals surface area contributed by atoms with Gasteiger partial charge in [-0.05, 0) is 74.4 Å². The maximum Gasteiger partial charge on any atom is 0.339 e. The van der Waals surface area contributed by atoms with Gasteiger partial charge in [-0.15, -0.1) is 0 Å². The van der Waals surface area contributed by atoms with E-state index in [2.05, 4.69) is 26.9 Å². The van der Waals surface area contributed by atoms with Gasteiger partial charge in [0.15, 0.2) is 23.2 Å². The van der Waals surface area contributed by atoms with Crippen LogP contribution in [-0.2, 0) is 30.2 Å². The number of benzene rings is 1. The van der Waals surface area contributed by atoms with Crippen molar-refractivity contribution in [1.82, 2.24) is 4.90 Å². The summed E-state index contributed by atoms with van der Waals surface area (Å²) in [6.45, 7) is 5.99. The summed E-state index contributed by atoms with van der Waals surface area (Å²) >= 11 is 3.61. The molecule has 1 aliphatic carbocycles. The number of hydrogen-bond acceptors (Lipinski definition) is 9. The second kappa shape index (κ2) is 10.6. The Balaban J connectivity index is 1.50. The van der Waals surface area contributed by atoms with Gasteiger partial charge in [0.2, 0.25) is 6.79 Å². The zero-order valence-electron chi connectivity index (χ0n) is 23.1. The molecule has 0 radical (unpaired) electrons. The quantitative estimate of drug-likeness (QED) is 0.330. The summed E-state index contributed by atoms with van der Waals surface area (Å²) in [4.78, 5) is 28.5. The molecule has 1 fully saturated rings. The van der Waals surface area contributed by atoms with Crippen LogP contribution in [0.2, 0.25) is 0 Å². The molecule has 1 N–H and O–H groups in total. The highest BCUT2D eigenvalue weighted by Crippen LogP contribution is 2.55. The van der Waals surface area contributed by atoms with Crippen LogP contribution in [0, 0.1) is 0 Å². The first-order valence-electron chi connectivity index (χ1n) is 13.6. The van der Waals surface area contributed by atoms with E-state index in [4.69, 9.17) is 23.7 Å². The van der Waals surface area contributed by atoms with Gasteiger partial charge in [-0.3, -0.25) is 9.69 Å². The molecular weight excluding hydrogens is 570 g/mol. The van der Waals surface area contributed by atoms with Crippen LogP contribution >= 0.6 is 15.9 Å². The maximum absolute atomic E-state index is 13.8. The van der Waals surface area contributed by atoms with Crippen molar-refractivity contribution in [2.75, 3.05) is 34.1 Å². The molecule has 2 unspecified atom stereocenters. The third kappa shape index (κ3) is 5.27. The average molecular weight is 609 g/mol. The van der Waals surface area contributed by atoms with E-state index in [0.717, 1.165) is 49.2 Å². The molecule has 10 heteroatoms. The number of methoxy groups -OCH3 is 2. The van der Waals surface area contributed by atoms with Crippen LogP contribution in [0.15, 0.2) is 24.0 Å². The highest BCUT2D eigenvalue weighted by molar-refractivity contribution is 9.10. The summed E-state index contributed by atoms with van der Waals surface area (Å²) in [7, 11) is 2.82. The minimum atomic E-state index is -2.03. The lowest BCUT2D eigenvalue weighted by Gasteiger charge is -2.39. The van der Waals surface area contributed by atoms with Gasteiger partial charge in [0.05, 0.1) is 32.1 Å². The number of fused-ring (bicyclic) bond motifs is 3. The van der Waals surface area contributed by atoms with Gasteiger partial charge in [-0.1, -0.05) is 29.8 Å². The van der Waals surface area contributed by atoms with E-state index in [1.807, 2.05) is 26.0 Å². The highest BCUT2D eigenvalue weighted by atomic mass is 79.9. The molecular formula is C29H38BrNO8. The summed E-state index contributed by atoms with van der Waals surface area (Å²) in [5, 5.41) is 11.6. The molecule has 1 spiro atoms. The molecule has 0 bridgehead atoms. The number of nitrogens with zero attached hydrogens (tertiary/aromatic N) is 1. The number of halogens is 1. The van der Waals surface area contributed by atoms with Gasteiger partial charge >= 0.3 is 11.9 Å². The minimum absolute atomic E-state index is 0.0614. The maximum atomic E-state index is 13.8. The SMILES string of the molecule is COC(=O)CC(O)(CCCC(C)(C)Br)C(=O)OC1C(OC)=C[C@]23CCCN2CCc2cc4c(cc2[C@H]13)OCO4. The minimum Gasteiger partial charge on any atom is -0.497 e. The van der Waals surface area contributed by atoms with Crippen molar-refractivity contribution in [1.29, 1.82) is 0 Å². The molecule has 214 valence electrons. The second-order valence-corrected chi connectivity index (χ2v) is 13.8. The summed E-state index contributed by atoms with van der Waals surface area (Å²) in [5.74, 6) is 0.153. The molecule has 4 aliphatic rings. The first-order valence-corrected chi connectivity index (χ1v) is 14.4. The molecule has 1 aromatic rings. The second-order valence-electron chi connectivity index (χ2n) is 11.6. The van der Waals surface area contributed by atoms with Gasteiger partial charge < -0.3 is 28.8 Å². The van der Waals surface area contributed by atoms with Crippen molar-refractivity contribution >= 4 is 27.9 Å². The number of rotatable bonds is 9. The fourth-order valence-corrected chi connectivity index (χ4v) is 6.97. The van der Waals surface area contributed by atoms with Crippen molar-refractivity contribution in [3.63, 3.8) is 0 Å². The van der Waals surface area contributed by atoms with Crippen LogP contribution in [0.25, 0.3) is 0 Å². The van der Waals surface area contributed by atoms with E-state index < -0.39 is 35.6 Å². The molecule has 9 nitrogen and oxygen atoms in total. The highest BCUT2D eigenvalue weighted by Gasteiger charge is 2.59. The largest absolute Gasteiger partial charge is 0.497 e. The fraction of sp³-hybridized carbons (Fsp3) is 0.655. The van der Waals surface area contributed by atoms with E-state index in [1.165, 1.54) is 7.11 Å². The first kappa shape index (κ1) is 28.2. The standard InChI is InChI=1S/C29H38BrNO8/c1-27(2,30)8-5-10-29(34,16-23(32)36-4)26(33)39-25-22(35-3)15-28-9-6-11-31(28)12-7-18-13-20-21(38-17-37-20)14-19(18)24(25)28/h13-15,24-25,34H,5-12,16-17H2,1-4H3/t24-,25?,28+,29?/m1/s1. The Morgan fingerprint density at radius 2 is 1.92 bits per heavy atom. The van der Waals surface area contributed by atoms with Crippen LogP contribution in [-0.4, -0.2) is 77.6 Å². The Hall–Kier alpha value is -2.30. The number of carbonyl (C=O) groups excluding carboxylic acids is 2. The smallest absolute Gasteiger partial charge is 0.339 e. The summed E-state index contributed by atoms with van der Waals surface area (Å²) in [6, 6.07) is 4.05. The predicted molar refractivity (Wildman–Crippen MR) is 146 cm³/mol. The summed E-state index contributed by atoms with van der Waals surface area (Å²) in [6.07, 6.45) is 4.83. The Morgan fingerprint density at radius 1 is 1.18 bits per heavy atom. The van der Waals surface area contributed by atoms with E-state index in [1.54, 1.807) is 7.11 Å². The van der Waals surface area contributed by atoms with E-state index >= 15 is 0 Å². The number of ether oxygens (including phenoxy) is 5. The molecule has 4 atom stereocenters. The van der Waals surface area contributed by atoms with E-state index in [0.29, 0.717) is 24.4 Å². The fourth-order valence-electron chi connectivity index (χ4n) is 6.69. The lowest BCUT2D eigenvalue weighted by Crippen LogP contribution is -2.49. The van der Waals surface area contributed by atoms with Crippen molar-refractivity contribution < 1.29 is 38.4 Å². The van der Waals surface area contributed by atoms with Gasteiger partial charge in [0.25, 0.3) is 0 Å². The molecule has 3 heterocycles. The zero-order valence-corrected chi connectivity index (χ0v) is 24.7. The number of esters is 2. The monoisotopic (exact) mass is 607 g/mol. The molecule has 3 aliphatic heterocycles. The number of carbonyl (C=O) groups is 2. The number of alkyl halides is 1. The Labute approximate surface area is 237 Å². The summed E-state index contributed by atoms with van der Waals surface area (Å²) < 4.78 is 28.1. The first-order chi connectivity index (χ1) is 18.5. The van der Waals surface area contributed by atoms with Crippen LogP contribution in [0.3, 0.4) is 0 Å². The zero-order chi connectivity index (χ0) is 28.0. The predicted octanol–water partition coefficient (Wildman–Crippen LogP) is 3.98. The number of hydrogen-bond donors (Lipinski definition) is 1. The van der Waals surface area contributed by atoms with Gasteiger partial charge in [-0.25, -0.2) is 4.79 Å². The molecule has 0 aromatic heterocycles. The van der Waals surface area contributed by atoms with Crippen LogP contribution in [0.5, 0.6) is 11.5 Å². The lowest BCUT2D eigenvalue weighted by atomic mass is 9.77. The Kier molecular flexibility index (Phi) is 7.67. The third-order valence-corrected chi connectivity index (χ3v) is 9.00. The molecule has 5 rings (SSSR count). The number of aliphatic hydroxyl groups is 1. The molecule has 1 saturated heterocycles. The molecule has 0 saturated carbocycles. The van der Waals surface area contributed by atoms with Crippen LogP contribution < -0.4 is 9.47 Å². The Bertz CT molecular complexity index is 1160. The average Bonchev–Trinajstić information content (AvgIpc) is 3.56. The molecule has 0 amide bonds. The summed E-state index contributed by atoms with van der Waals surface area (Å²) in [5.41, 5.74) is -0.274. The van der Waals surface area contributed by atoms with Gasteiger partial charge in [0.1, 0.15) is 5.76 Å². The van der Waals surface area contributed by atoms with Crippen molar-refractivity contribution in [3.05, 3.63) is 35.1 Å². The van der Waals surface area contributed by atoms with Crippen molar-refractivity contribution in [2.24, 2.45) is 0 Å². The van der Waals surface area contributed by atoms with Gasteiger partial charge in [-0.2, -0.15) is 0 Å². The van der Waals surface area contributed by atoms with E-state index in [9.17, 15) is 14.7 Å². The molecule has 1 aromatic carbocycles. The van der Waals surface area contributed by atoms with Crippen molar-refractivity contribution in [3.8, 4) is 11.5 Å². The van der Waals surface area contributed by atoms with Gasteiger partial charge in [0, 0.05) is 10.9 Å². The van der Waals surface area contributed by atoms with Crippen molar-refractivity contribution in [2.45, 2.75) is 86.3 Å².